The van der Waals surface area contributed by atoms with E-state index >= 15 is 0 Å². The molecule has 0 bridgehead atoms. The number of nitrogens with one attached hydrogen (secondary N) is 1. The molecule has 1 fully saturated rings. The number of likely N-dealkylation sites (tertiary alicyclic amines) is 1. The van der Waals surface area contributed by atoms with Gasteiger partial charge in [-0.25, -0.2) is 0 Å². The minimum atomic E-state index is 0.370. The Bertz CT molecular complexity index is 568. The normalized spacial score (nSPS) is 18.8. The van der Waals surface area contributed by atoms with E-state index in [1.807, 2.05) is 0 Å². The van der Waals surface area contributed by atoms with Crippen molar-refractivity contribution in [1.29, 1.82) is 0 Å². The van der Waals surface area contributed by atoms with E-state index in [1.165, 1.54) is 10.6 Å². The first-order valence-corrected chi connectivity index (χ1v) is 8.56. The molecule has 1 N–H and O–H groups in total. The van der Waals surface area contributed by atoms with E-state index in [4.69, 9.17) is 0 Å². The van der Waals surface area contributed by atoms with Gasteiger partial charge in [-0.1, -0.05) is 26.0 Å². The van der Waals surface area contributed by atoms with Crippen LogP contribution in [0.4, 0.5) is 0 Å². The molecule has 122 valence electrons. The van der Waals surface area contributed by atoms with Crippen molar-refractivity contribution in [1.82, 2.24) is 14.8 Å². The molecule has 2 heterocycles. The number of carbonyl (C=O) groups is 1. The van der Waals surface area contributed by atoms with Crippen LogP contribution in [0.1, 0.15) is 39.5 Å². The van der Waals surface area contributed by atoms with Crippen molar-refractivity contribution < 1.29 is 4.79 Å². The van der Waals surface area contributed by atoms with Gasteiger partial charge in [0.05, 0.1) is 0 Å². The van der Waals surface area contributed by atoms with Gasteiger partial charge in [0.15, 0.2) is 0 Å². The van der Waals surface area contributed by atoms with Gasteiger partial charge in [-0.2, -0.15) is 0 Å². The summed E-state index contributed by atoms with van der Waals surface area (Å²) in [6.45, 7) is 8.65. The van der Waals surface area contributed by atoms with E-state index in [0.29, 0.717) is 6.04 Å². The maximum Gasteiger partial charge on any atom is 0.207 e. The topological polar surface area (TPSA) is 37.3 Å². The highest BCUT2D eigenvalue weighted by atomic mass is 16.1. The Hall–Kier alpha value is -1.55. The predicted octanol–water partition coefficient (Wildman–Crippen LogP) is 1.08. The van der Waals surface area contributed by atoms with Crippen LogP contribution >= 0.6 is 0 Å². The standard InChI is InChI=1S/C18H29N3O/c1-3-5-16-7-12-21(18(16)6-4-2)14-13-20-10-8-17(9-11-20)19-15-22/h5-7,12,15,17H,3-4,8-11,13-14H2,1-2H3,(H,19,22)/b16-5-,18-6+. The lowest BCUT2D eigenvalue weighted by molar-refractivity contribution is -0.110. The van der Waals surface area contributed by atoms with E-state index < -0.39 is 0 Å². The lowest BCUT2D eigenvalue weighted by atomic mass is 10.1. The van der Waals surface area contributed by atoms with Gasteiger partial charge in [-0.05, 0) is 37.0 Å². The molecule has 1 aromatic heterocycles. The Morgan fingerprint density at radius 2 is 1.91 bits per heavy atom. The van der Waals surface area contributed by atoms with Crippen molar-refractivity contribution in [3.8, 4) is 0 Å². The molecule has 1 aliphatic rings. The zero-order chi connectivity index (χ0) is 15.8. The third kappa shape index (κ3) is 4.47. The van der Waals surface area contributed by atoms with E-state index in [9.17, 15) is 4.79 Å². The van der Waals surface area contributed by atoms with Gasteiger partial charge in [-0.3, -0.25) is 4.79 Å². The van der Waals surface area contributed by atoms with Gasteiger partial charge >= 0.3 is 0 Å². The molecule has 0 aromatic carbocycles. The second kappa shape index (κ2) is 8.79. The fourth-order valence-electron chi connectivity index (χ4n) is 3.19. The van der Waals surface area contributed by atoms with Crippen LogP contribution in [-0.2, 0) is 11.3 Å². The smallest absolute Gasteiger partial charge is 0.207 e. The van der Waals surface area contributed by atoms with Gasteiger partial charge in [0.1, 0.15) is 0 Å². The molecule has 4 nitrogen and oxygen atoms in total. The quantitative estimate of drug-likeness (QED) is 0.765. The van der Waals surface area contributed by atoms with Crippen LogP contribution in [0.2, 0.25) is 0 Å². The largest absolute Gasteiger partial charge is 0.356 e. The average Bonchev–Trinajstić information content (AvgIpc) is 2.90. The number of hydrogen-bond donors (Lipinski definition) is 1. The van der Waals surface area contributed by atoms with Crippen molar-refractivity contribution in [2.24, 2.45) is 0 Å². The molecule has 1 amide bonds. The molecule has 0 saturated carbocycles. The average molecular weight is 303 g/mol. The van der Waals surface area contributed by atoms with Gasteiger partial charge in [0.2, 0.25) is 6.41 Å². The van der Waals surface area contributed by atoms with Crippen molar-refractivity contribution >= 4 is 18.6 Å². The maximum absolute atomic E-state index is 10.5. The highest BCUT2D eigenvalue weighted by Gasteiger charge is 2.17. The van der Waals surface area contributed by atoms with Crippen LogP contribution in [0.5, 0.6) is 0 Å². The van der Waals surface area contributed by atoms with Crippen LogP contribution in [-0.4, -0.2) is 41.6 Å². The lowest BCUT2D eigenvalue weighted by Gasteiger charge is -2.31. The molecule has 1 saturated heterocycles. The molecular weight excluding hydrogens is 274 g/mol. The second-order valence-electron chi connectivity index (χ2n) is 5.97. The molecule has 0 radical (unpaired) electrons. The highest BCUT2D eigenvalue weighted by molar-refractivity contribution is 5.46. The maximum atomic E-state index is 10.5. The number of amides is 1. The van der Waals surface area contributed by atoms with Crippen molar-refractivity contribution in [2.45, 2.75) is 52.1 Å². The number of nitrogens with zero attached hydrogens (tertiary/aromatic N) is 2. The Balaban J connectivity index is 1.94. The molecular formula is C18H29N3O. The number of piperidine rings is 1. The first kappa shape index (κ1) is 16.8. The summed E-state index contributed by atoms with van der Waals surface area (Å²) in [6.07, 6.45) is 11.9. The van der Waals surface area contributed by atoms with Crippen LogP contribution in [0.3, 0.4) is 0 Å². The van der Waals surface area contributed by atoms with Crippen molar-refractivity contribution in [3.05, 3.63) is 22.8 Å². The Morgan fingerprint density at radius 1 is 1.18 bits per heavy atom. The van der Waals surface area contributed by atoms with Crippen LogP contribution in [0.25, 0.3) is 12.2 Å². The molecule has 0 unspecified atom stereocenters. The summed E-state index contributed by atoms with van der Waals surface area (Å²) in [5, 5.41) is 5.62. The molecule has 0 spiro atoms. The summed E-state index contributed by atoms with van der Waals surface area (Å²) >= 11 is 0. The van der Waals surface area contributed by atoms with Crippen LogP contribution < -0.4 is 15.9 Å². The van der Waals surface area contributed by atoms with Crippen molar-refractivity contribution in [2.75, 3.05) is 19.6 Å². The molecule has 22 heavy (non-hydrogen) atoms. The number of hydrogen-bond acceptors (Lipinski definition) is 2. The minimum Gasteiger partial charge on any atom is -0.356 e. The molecule has 4 heteroatoms. The third-order valence-corrected chi connectivity index (χ3v) is 4.41. The summed E-state index contributed by atoms with van der Waals surface area (Å²) in [6, 6.07) is 2.60. The van der Waals surface area contributed by atoms with E-state index in [1.54, 1.807) is 0 Å². The number of rotatable bonds is 7. The van der Waals surface area contributed by atoms with Gasteiger partial charge in [-0.15, -0.1) is 0 Å². The zero-order valence-electron chi connectivity index (χ0n) is 13.9. The first-order chi connectivity index (χ1) is 10.8. The SMILES string of the molecule is CC/C=c1/ccn(CCN2CCC(NC=O)CC2)/c1=C/CC. The van der Waals surface area contributed by atoms with Crippen molar-refractivity contribution in [3.63, 3.8) is 0 Å². The summed E-state index contributed by atoms with van der Waals surface area (Å²) < 4.78 is 2.38. The second-order valence-corrected chi connectivity index (χ2v) is 5.97. The molecule has 1 aliphatic heterocycles. The summed E-state index contributed by atoms with van der Waals surface area (Å²) in [4.78, 5) is 13.0. The zero-order valence-corrected chi connectivity index (χ0v) is 13.9. The van der Waals surface area contributed by atoms with Gasteiger partial charge < -0.3 is 14.8 Å². The molecule has 1 aromatic rings. The first-order valence-electron chi connectivity index (χ1n) is 8.56. The molecule has 0 aliphatic carbocycles. The molecule has 2 rings (SSSR count). The van der Waals surface area contributed by atoms with Gasteiger partial charge in [0.25, 0.3) is 0 Å². The Labute approximate surface area is 133 Å². The predicted molar refractivity (Wildman–Crippen MR) is 91.9 cm³/mol. The fraction of sp³-hybridized carbons (Fsp3) is 0.611. The third-order valence-electron chi connectivity index (χ3n) is 4.41. The lowest BCUT2D eigenvalue weighted by Crippen LogP contribution is -2.43. The van der Waals surface area contributed by atoms with Gasteiger partial charge in [0, 0.05) is 43.8 Å². The van der Waals surface area contributed by atoms with E-state index in [-0.39, 0.29) is 0 Å². The summed E-state index contributed by atoms with van der Waals surface area (Å²) in [5.74, 6) is 0. The number of carbonyl (C=O) groups excluding carboxylic acids is 1. The summed E-state index contributed by atoms with van der Waals surface area (Å²) in [5.41, 5.74) is 0. The fourth-order valence-corrected chi connectivity index (χ4v) is 3.19. The Morgan fingerprint density at radius 3 is 2.55 bits per heavy atom. The number of aromatic nitrogens is 1. The van der Waals surface area contributed by atoms with Crippen LogP contribution in [0, 0.1) is 0 Å². The molecule has 0 atom stereocenters. The van der Waals surface area contributed by atoms with E-state index in [2.05, 4.69) is 53.0 Å². The van der Waals surface area contributed by atoms with Crippen LogP contribution in [0.15, 0.2) is 12.3 Å². The highest BCUT2D eigenvalue weighted by Crippen LogP contribution is 2.09. The van der Waals surface area contributed by atoms with E-state index in [0.717, 1.165) is 58.3 Å². The Kier molecular flexibility index (Phi) is 6.72. The monoisotopic (exact) mass is 303 g/mol. The minimum absolute atomic E-state index is 0.370. The summed E-state index contributed by atoms with van der Waals surface area (Å²) in [7, 11) is 0.